The summed E-state index contributed by atoms with van der Waals surface area (Å²) in [4.78, 5) is 49.9. The van der Waals surface area contributed by atoms with Gasteiger partial charge in [-0.25, -0.2) is 0 Å². The first kappa shape index (κ1) is 112. The Hall–Kier alpha value is -10.6. The van der Waals surface area contributed by atoms with Gasteiger partial charge in [0, 0.05) is 70.8 Å². The van der Waals surface area contributed by atoms with Gasteiger partial charge in [0.15, 0.2) is 0 Å². The number of rotatable bonds is 20. The highest BCUT2D eigenvalue weighted by molar-refractivity contribution is 7.26. The van der Waals surface area contributed by atoms with Crippen LogP contribution in [0.1, 0.15) is 293 Å². The van der Waals surface area contributed by atoms with E-state index in [0.717, 1.165) is 66.2 Å². The molecule has 0 bridgehead atoms. The Morgan fingerprint density at radius 1 is 0.392 bits per heavy atom. The molecule has 10 nitrogen and oxygen atoms in total. The highest BCUT2D eigenvalue weighted by atomic mass is 32.1. The van der Waals surface area contributed by atoms with Gasteiger partial charge in [0.1, 0.15) is 22.7 Å². The van der Waals surface area contributed by atoms with E-state index in [1.807, 2.05) is 311 Å². The van der Waals surface area contributed by atoms with Crippen LogP contribution in [0.4, 0.5) is 5.69 Å². The maximum absolute atomic E-state index is 12.0. The van der Waals surface area contributed by atoms with Gasteiger partial charge in [-0.05, 0) is 190 Å². The summed E-state index contributed by atoms with van der Waals surface area (Å²) in [6.07, 6.45) is 7.58. The van der Waals surface area contributed by atoms with E-state index < -0.39 is 10.8 Å². The van der Waals surface area contributed by atoms with Crippen molar-refractivity contribution in [1.82, 2.24) is 4.98 Å². The van der Waals surface area contributed by atoms with Crippen LogP contribution in [-0.4, -0.2) is 35.4 Å². The monoisotopic (exact) mass is 1720 g/mol. The fraction of sp³-hybridized carbons (Fsp3) is 0.404. The molecule has 11 heteroatoms. The number of anilines is 1. The summed E-state index contributed by atoms with van der Waals surface area (Å²) in [7, 11) is 0. The molecule has 1 amide bonds. The lowest BCUT2D eigenvalue weighted by Gasteiger charge is -2.20. The Bertz CT molecular complexity index is 5220. The number of H-pyrrole nitrogens is 1. The average molecular weight is 1720 g/mol. The number of esters is 3. The number of fused-ring (bicyclic) bond motifs is 10. The molecule has 0 fully saturated rings. The summed E-state index contributed by atoms with van der Waals surface area (Å²) in [6.45, 7) is 61.4. The van der Waals surface area contributed by atoms with E-state index in [1.54, 1.807) is 12.1 Å². The minimum atomic E-state index is -0.439. The Morgan fingerprint density at radius 3 is 1.42 bits per heavy atom. The molecule has 14 aromatic rings. The number of aromatic amines is 1. The molecule has 3 heterocycles. The number of amides is 1. The second-order valence-corrected chi connectivity index (χ2v) is 31.0. The van der Waals surface area contributed by atoms with Crippen LogP contribution in [0.5, 0.6) is 11.5 Å². The predicted octanol–water partition coefficient (Wildman–Crippen LogP) is 35.4. The average Bonchev–Trinajstić information content (AvgIpc) is 1.64. The maximum Gasteiger partial charge on any atom is 0.316 e. The van der Waals surface area contributed by atoms with Crippen molar-refractivity contribution in [3.05, 3.63) is 283 Å². The molecule has 0 aliphatic rings. The quantitative estimate of drug-likeness (QED) is 0.0569. The normalized spacial score (nSPS) is 11.4. The van der Waals surface area contributed by atoms with E-state index in [9.17, 15) is 19.2 Å². The standard InChI is InChI=1S/C16H17N.C16H18O2.C16H16O.C16H16S.C13H18O2.C12H16O2.C11H15NO.7C2H6/c1-3-11(2)12-8-6-10-15-16(12)13-7-4-5-9-14(13)17-15;1-4-16(2,3)15(17)18-14-10-9-12-7-5-6-8-13(12)11-14;1-3-11(2)12-8-9-14-13-6-4-5-7-15(13)17-16(14)10-12;1-3-11(2)12-8-6-9-14-13-7-4-5-10-15(13)17-16(12)14;1-3-11(2)13(14)15-10-9-12-7-5-4-6-8-12;1-4-12(2,3)11(13)14-10-8-6-5-7-9-10;1-3-9(2)11(13)12-10-7-5-4-6-8-10;7*1-2/h4-11,17H,3H2,1-2H3;5-11H,4H2,1-3H3;2*4-11H,3H2,1-2H3;4-8,11H,3,9-10H2,1-2H3;5-9H,4H2,1-3H3;4-9H,3H2,1-2H3,(H,12,13);7*1-2H3. The van der Waals surface area contributed by atoms with Gasteiger partial charge in [-0.3, -0.25) is 19.2 Å². The summed E-state index contributed by atoms with van der Waals surface area (Å²) in [5.74, 6) is 2.81. The van der Waals surface area contributed by atoms with Crippen molar-refractivity contribution < 1.29 is 37.8 Å². The lowest BCUT2D eigenvalue weighted by Crippen LogP contribution is -2.28. The van der Waals surface area contributed by atoms with Gasteiger partial charge in [0.25, 0.3) is 0 Å². The number of carbonyl (C=O) groups excluding carboxylic acids is 4. The fourth-order valence-electron chi connectivity index (χ4n) is 11.9. The maximum atomic E-state index is 12.0. The third-order valence-corrected chi connectivity index (χ3v) is 22.5. The van der Waals surface area contributed by atoms with Crippen LogP contribution in [0.2, 0.25) is 0 Å². The Kier molecular flexibility index (Phi) is 56.9. The number of hydrogen-bond acceptors (Lipinski definition) is 9. The van der Waals surface area contributed by atoms with Crippen LogP contribution in [-0.2, 0) is 30.3 Å². The Balaban J connectivity index is 0.000000713. The number of nitrogens with one attached hydrogen (secondary N) is 2. The van der Waals surface area contributed by atoms with Gasteiger partial charge < -0.3 is 28.9 Å². The molecule has 0 radical (unpaired) electrons. The van der Waals surface area contributed by atoms with Crippen molar-refractivity contribution in [1.29, 1.82) is 0 Å². The summed E-state index contributed by atoms with van der Waals surface area (Å²) in [6, 6.07) is 87.8. The number of thiophene rings is 1. The molecule has 125 heavy (non-hydrogen) atoms. The Labute approximate surface area is 759 Å². The number of furan rings is 1. The van der Waals surface area contributed by atoms with E-state index >= 15 is 0 Å². The van der Waals surface area contributed by atoms with E-state index in [1.165, 1.54) is 87.8 Å². The van der Waals surface area contributed by atoms with E-state index in [0.29, 0.717) is 35.9 Å². The highest BCUT2D eigenvalue weighted by Crippen LogP contribution is 2.40. The molecule has 0 saturated heterocycles. The minimum absolute atomic E-state index is 0.0146. The first-order valence-corrected chi connectivity index (χ1v) is 47.6. The summed E-state index contributed by atoms with van der Waals surface area (Å²) in [5.41, 5.74) is 10.0. The van der Waals surface area contributed by atoms with Crippen molar-refractivity contribution in [2.24, 2.45) is 22.7 Å². The molecule has 5 unspecified atom stereocenters. The second kappa shape index (κ2) is 63.3. The molecular formula is C114H158N2O8S. The van der Waals surface area contributed by atoms with Crippen LogP contribution in [0, 0.1) is 22.7 Å². The zero-order valence-corrected chi connectivity index (χ0v) is 83.1. The molecule has 0 aliphatic carbocycles. The summed E-state index contributed by atoms with van der Waals surface area (Å²) in [5, 5.41) is 13.1. The first-order valence-electron chi connectivity index (χ1n) is 46.8. The number of ether oxygens (including phenoxy) is 3. The largest absolute Gasteiger partial charge is 0.465 e. The van der Waals surface area contributed by atoms with Crippen LogP contribution in [0.15, 0.2) is 265 Å². The topological polar surface area (TPSA) is 137 Å². The third-order valence-electron chi connectivity index (χ3n) is 21.2. The molecule has 0 spiro atoms. The zero-order valence-electron chi connectivity index (χ0n) is 82.3. The summed E-state index contributed by atoms with van der Waals surface area (Å²) < 4.78 is 24.6. The first-order chi connectivity index (χ1) is 60.5. The molecule has 678 valence electrons. The third kappa shape index (κ3) is 36.1. The van der Waals surface area contributed by atoms with Crippen molar-refractivity contribution in [2.45, 2.75) is 277 Å². The number of carbonyl (C=O) groups is 4. The molecule has 3 aromatic heterocycles. The second-order valence-electron chi connectivity index (χ2n) is 30.0. The van der Waals surface area contributed by atoms with E-state index in [4.69, 9.17) is 18.6 Å². The van der Waals surface area contributed by atoms with Crippen LogP contribution < -0.4 is 14.8 Å². The molecule has 14 rings (SSSR count). The van der Waals surface area contributed by atoms with Crippen molar-refractivity contribution in [3.63, 3.8) is 0 Å². The molecule has 5 atom stereocenters. The van der Waals surface area contributed by atoms with Crippen LogP contribution in [0.25, 0.3) is 74.7 Å². The predicted molar refractivity (Wildman–Crippen MR) is 549 cm³/mol. The fourth-order valence-corrected chi connectivity index (χ4v) is 13.2. The number of hydrogen-bond donors (Lipinski definition) is 2. The lowest BCUT2D eigenvalue weighted by atomic mass is 9.91. The minimum Gasteiger partial charge on any atom is -0.465 e. The SMILES string of the molecule is CC.CC.CC.CC.CC.CC.CC.CCC(C)(C)C(=O)Oc1ccc2ccccc2c1.CCC(C)(C)C(=O)Oc1ccccc1.CCC(C)C(=O)Nc1ccccc1.CCC(C)C(=O)OCCc1ccccc1.CCC(C)c1ccc2c(c1)oc1ccccc12.CCC(C)c1cccc2[nH]c3ccccc3c12.CCC(C)c1cccc2c1sc1ccccc12. The van der Waals surface area contributed by atoms with Gasteiger partial charge >= 0.3 is 17.9 Å². The lowest BCUT2D eigenvalue weighted by molar-refractivity contribution is -0.148. The van der Waals surface area contributed by atoms with Gasteiger partial charge in [-0.2, -0.15) is 0 Å². The van der Waals surface area contributed by atoms with Crippen LogP contribution >= 0.6 is 11.3 Å². The van der Waals surface area contributed by atoms with Gasteiger partial charge in [0.05, 0.1) is 23.4 Å². The van der Waals surface area contributed by atoms with E-state index in [-0.39, 0.29) is 35.7 Å². The van der Waals surface area contributed by atoms with E-state index in [2.05, 4.69) is 167 Å². The number of benzene rings is 11. The Morgan fingerprint density at radius 2 is 0.848 bits per heavy atom. The molecule has 11 aromatic carbocycles. The van der Waals surface area contributed by atoms with Crippen molar-refractivity contribution in [2.75, 3.05) is 11.9 Å². The molecule has 2 N–H and O–H groups in total. The molecular weight excluding hydrogens is 1560 g/mol. The van der Waals surface area contributed by atoms with Gasteiger partial charge in [0.2, 0.25) is 5.91 Å². The molecule has 0 saturated carbocycles. The van der Waals surface area contributed by atoms with Crippen LogP contribution in [0.3, 0.4) is 0 Å². The van der Waals surface area contributed by atoms with Crippen molar-refractivity contribution >= 4 is 116 Å². The zero-order chi connectivity index (χ0) is 94.0. The molecule has 0 aliphatic heterocycles. The van der Waals surface area contributed by atoms with Gasteiger partial charge in [-0.1, -0.05) is 374 Å². The number of para-hydroxylation sites is 4. The van der Waals surface area contributed by atoms with Gasteiger partial charge in [-0.15, -0.1) is 11.3 Å². The smallest absolute Gasteiger partial charge is 0.316 e. The number of aromatic nitrogens is 1. The van der Waals surface area contributed by atoms with Crippen molar-refractivity contribution in [3.8, 4) is 11.5 Å². The highest BCUT2D eigenvalue weighted by Gasteiger charge is 2.29. The summed E-state index contributed by atoms with van der Waals surface area (Å²) >= 11 is 1.93.